The number of allylic oxidation sites excluding steroid dienone is 1. The molecular formula is C18H35N. The lowest BCUT2D eigenvalue weighted by Crippen LogP contribution is -2.39. The summed E-state index contributed by atoms with van der Waals surface area (Å²) in [6.45, 7) is 9.61. The van der Waals surface area contributed by atoms with E-state index in [9.17, 15) is 0 Å². The molecule has 0 saturated carbocycles. The zero-order valence-corrected chi connectivity index (χ0v) is 13.5. The Balaban J connectivity index is 2.50. The van der Waals surface area contributed by atoms with Crippen LogP contribution in [0.15, 0.2) is 12.2 Å². The minimum Gasteiger partial charge on any atom is -0.297 e. The van der Waals surface area contributed by atoms with Crippen LogP contribution < -0.4 is 0 Å². The molecule has 0 aromatic rings. The fourth-order valence-corrected chi connectivity index (χ4v) is 3.10. The molecule has 0 saturated heterocycles. The van der Waals surface area contributed by atoms with Gasteiger partial charge < -0.3 is 0 Å². The summed E-state index contributed by atoms with van der Waals surface area (Å²) in [6, 6.07) is 0.732. The third kappa shape index (κ3) is 6.61. The van der Waals surface area contributed by atoms with Gasteiger partial charge in [-0.25, -0.2) is 0 Å². The standard InChI is InChI=1S/C18H35N/c1-4-7-12-17(6-3)16-19(15-8-5-2)18-13-10-9-11-14-18/h10,13,17-18H,4-9,11-12,14-16H2,1-3H3/t17-,18?/m0/s1. The molecule has 112 valence electrons. The number of hydrogen-bond acceptors (Lipinski definition) is 1. The fraction of sp³-hybridized carbons (Fsp3) is 0.889. The van der Waals surface area contributed by atoms with Crippen molar-refractivity contribution in [1.82, 2.24) is 4.90 Å². The van der Waals surface area contributed by atoms with E-state index in [0.29, 0.717) is 0 Å². The summed E-state index contributed by atoms with van der Waals surface area (Å²) in [5.74, 6) is 0.909. The van der Waals surface area contributed by atoms with Gasteiger partial charge in [0.25, 0.3) is 0 Å². The predicted molar refractivity (Wildman–Crippen MR) is 86.6 cm³/mol. The first kappa shape index (κ1) is 16.8. The van der Waals surface area contributed by atoms with E-state index in [4.69, 9.17) is 0 Å². The first-order valence-electron chi connectivity index (χ1n) is 8.72. The summed E-state index contributed by atoms with van der Waals surface area (Å²) in [5, 5.41) is 0. The molecule has 2 atom stereocenters. The van der Waals surface area contributed by atoms with Crippen LogP contribution in [0.4, 0.5) is 0 Å². The molecule has 0 amide bonds. The summed E-state index contributed by atoms with van der Waals surface area (Å²) >= 11 is 0. The Labute approximate surface area is 121 Å². The molecular weight excluding hydrogens is 230 g/mol. The Hall–Kier alpha value is -0.300. The van der Waals surface area contributed by atoms with Crippen LogP contribution >= 0.6 is 0 Å². The van der Waals surface area contributed by atoms with Gasteiger partial charge in [-0.05, 0) is 44.6 Å². The van der Waals surface area contributed by atoms with Gasteiger partial charge in [0.1, 0.15) is 0 Å². The molecule has 0 heterocycles. The highest BCUT2D eigenvalue weighted by Gasteiger charge is 2.20. The van der Waals surface area contributed by atoms with Crippen LogP contribution in [0.1, 0.15) is 78.6 Å². The average molecular weight is 265 g/mol. The zero-order chi connectivity index (χ0) is 13.9. The van der Waals surface area contributed by atoms with Crippen molar-refractivity contribution in [3.8, 4) is 0 Å². The van der Waals surface area contributed by atoms with Crippen LogP contribution in [0.5, 0.6) is 0 Å². The van der Waals surface area contributed by atoms with Gasteiger partial charge >= 0.3 is 0 Å². The third-order valence-corrected chi connectivity index (χ3v) is 4.53. The van der Waals surface area contributed by atoms with Crippen LogP contribution in [0, 0.1) is 5.92 Å². The highest BCUT2D eigenvalue weighted by Crippen LogP contribution is 2.21. The van der Waals surface area contributed by atoms with Gasteiger partial charge in [-0.3, -0.25) is 4.90 Å². The molecule has 1 rings (SSSR count). The fourth-order valence-electron chi connectivity index (χ4n) is 3.10. The average Bonchev–Trinajstić information content (AvgIpc) is 2.47. The van der Waals surface area contributed by atoms with E-state index in [1.807, 2.05) is 0 Å². The van der Waals surface area contributed by atoms with Crippen LogP contribution in [-0.2, 0) is 0 Å². The summed E-state index contributed by atoms with van der Waals surface area (Å²) < 4.78 is 0. The Morgan fingerprint density at radius 2 is 1.95 bits per heavy atom. The van der Waals surface area contributed by atoms with E-state index in [1.165, 1.54) is 70.9 Å². The van der Waals surface area contributed by atoms with Crippen LogP contribution in [0.2, 0.25) is 0 Å². The molecule has 19 heavy (non-hydrogen) atoms. The predicted octanol–water partition coefficient (Wildman–Crippen LogP) is 5.41. The van der Waals surface area contributed by atoms with Crippen molar-refractivity contribution in [3.63, 3.8) is 0 Å². The molecule has 0 N–H and O–H groups in total. The second kappa shape index (κ2) is 10.5. The number of nitrogens with zero attached hydrogens (tertiary/aromatic N) is 1. The molecule has 0 spiro atoms. The molecule has 1 aliphatic carbocycles. The molecule has 0 aromatic carbocycles. The normalized spacial score (nSPS) is 20.9. The van der Waals surface area contributed by atoms with E-state index in [-0.39, 0.29) is 0 Å². The molecule has 0 aromatic heterocycles. The van der Waals surface area contributed by atoms with E-state index < -0.39 is 0 Å². The molecule has 0 radical (unpaired) electrons. The van der Waals surface area contributed by atoms with Gasteiger partial charge in [-0.2, -0.15) is 0 Å². The number of rotatable bonds is 10. The highest BCUT2D eigenvalue weighted by molar-refractivity contribution is 4.98. The Bertz CT molecular complexity index is 234. The lowest BCUT2D eigenvalue weighted by Gasteiger charge is -2.34. The molecule has 1 nitrogen and oxygen atoms in total. The van der Waals surface area contributed by atoms with E-state index >= 15 is 0 Å². The summed E-state index contributed by atoms with van der Waals surface area (Å²) in [5.41, 5.74) is 0. The molecule has 1 heteroatoms. The van der Waals surface area contributed by atoms with Gasteiger partial charge in [0.05, 0.1) is 0 Å². The highest BCUT2D eigenvalue weighted by atomic mass is 15.1. The molecule has 1 aliphatic rings. The first-order chi connectivity index (χ1) is 9.31. The topological polar surface area (TPSA) is 3.24 Å². The van der Waals surface area contributed by atoms with Gasteiger partial charge in [0.2, 0.25) is 0 Å². The first-order valence-corrected chi connectivity index (χ1v) is 8.72. The number of unbranched alkanes of at least 4 members (excludes halogenated alkanes) is 2. The van der Waals surface area contributed by atoms with Crippen LogP contribution in [0.25, 0.3) is 0 Å². The minimum absolute atomic E-state index is 0.732. The van der Waals surface area contributed by atoms with Gasteiger partial charge in [-0.1, -0.05) is 58.6 Å². The lowest BCUT2D eigenvalue weighted by atomic mass is 9.95. The van der Waals surface area contributed by atoms with Crippen molar-refractivity contribution in [2.24, 2.45) is 5.92 Å². The lowest BCUT2D eigenvalue weighted by molar-refractivity contribution is 0.171. The second-order valence-corrected chi connectivity index (χ2v) is 6.19. The summed E-state index contributed by atoms with van der Waals surface area (Å²) in [6.07, 6.45) is 17.1. The van der Waals surface area contributed by atoms with Crippen molar-refractivity contribution in [2.75, 3.05) is 13.1 Å². The Morgan fingerprint density at radius 1 is 1.16 bits per heavy atom. The Morgan fingerprint density at radius 3 is 2.53 bits per heavy atom. The maximum absolute atomic E-state index is 2.78. The van der Waals surface area contributed by atoms with Crippen LogP contribution in [0.3, 0.4) is 0 Å². The molecule has 1 unspecified atom stereocenters. The molecule has 0 aliphatic heterocycles. The van der Waals surface area contributed by atoms with E-state index in [2.05, 4.69) is 37.8 Å². The van der Waals surface area contributed by atoms with Crippen molar-refractivity contribution < 1.29 is 0 Å². The monoisotopic (exact) mass is 265 g/mol. The summed E-state index contributed by atoms with van der Waals surface area (Å²) in [7, 11) is 0. The third-order valence-electron chi connectivity index (χ3n) is 4.53. The van der Waals surface area contributed by atoms with Crippen molar-refractivity contribution >= 4 is 0 Å². The van der Waals surface area contributed by atoms with Crippen LogP contribution in [-0.4, -0.2) is 24.0 Å². The number of hydrogen-bond donors (Lipinski definition) is 0. The minimum atomic E-state index is 0.732. The largest absolute Gasteiger partial charge is 0.297 e. The van der Waals surface area contributed by atoms with E-state index in [0.717, 1.165) is 12.0 Å². The molecule has 0 fully saturated rings. The zero-order valence-electron chi connectivity index (χ0n) is 13.5. The maximum atomic E-state index is 2.78. The van der Waals surface area contributed by atoms with Gasteiger partial charge in [0, 0.05) is 12.6 Å². The van der Waals surface area contributed by atoms with Crippen molar-refractivity contribution in [1.29, 1.82) is 0 Å². The second-order valence-electron chi connectivity index (χ2n) is 6.19. The maximum Gasteiger partial charge on any atom is 0.0278 e. The van der Waals surface area contributed by atoms with Crippen molar-refractivity contribution in [2.45, 2.75) is 84.6 Å². The van der Waals surface area contributed by atoms with Crippen molar-refractivity contribution in [3.05, 3.63) is 12.2 Å². The van der Waals surface area contributed by atoms with E-state index in [1.54, 1.807) is 0 Å². The van der Waals surface area contributed by atoms with Gasteiger partial charge in [-0.15, -0.1) is 0 Å². The quantitative estimate of drug-likeness (QED) is 0.477. The Kier molecular flexibility index (Phi) is 9.24. The smallest absolute Gasteiger partial charge is 0.0278 e. The molecule has 0 bridgehead atoms. The summed E-state index contributed by atoms with van der Waals surface area (Å²) in [4.78, 5) is 2.78. The SMILES string of the molecule is CCCC[C@H](CC)CN(CCCC)C1C=CCCC1. The van der Waals surface area contributed by atoms with Gasteiger partial charge in [0.15, 0.2) is 0 Å².